The minimum absolute atomic E-state index is 0.0368. The Kier molecular flexibility index (Phi) is 7.02. The standard InChI is InChI=1S/C18H16F3NO4/c19-13-4-1-12(2-5-13)3-10-17(24)25-11-16(23)22-14-6-8-15(9-7-14)26-18(20)21/h1-2,4-9,18H,3,10-11H2,(H,22,23). The number of benzene rings is 2. The molecule has 2 rings (SSSR count). The number of nitrogens with one attached hydrogen (secondary N) is 1. The second-order valence-corrected chi connectivity index (χ2v) is 5.24. The van der Waals surface area contributed by atoms with Crippen molar-refractivity contribution >= 4 is 17.6 Å². The summed E-state index contributed by atoms with van der Waals surface area (Å²) in [5.41, 5.74) is 1.12. The first-order chi connectivity index (χ1) is 12.4. The van der Waals surface area contributed by atoms with Crippen LogP contribution < -0.4 is 10.1 Å². The molecule has 2 aromatic rings. The van der Waals surface area contributed by atoms with Crippen LogP contribution in [0, 0.1) is 5.82 Å². The fourth-order valence-corrected chi connectivity index (χ4v) is 2.03. The van der Waals surface area contributed by atoms with E-state index in [1.54, 1.807) is 12.1 Å². The summed E-state index contributed by atoms with van der Waals surface area (Å²) in [6, 6.07) is 11.0. The van der Waals surface area contributed by atoms with Gasteiger partial charge in [0.05, 0.1) is 0 Å². The summed E-state index contributed by atoms with van der Waals surface area (Å²) in [5, 5.41) is 2.46. The third kappa shape index (κ3) is 6.84. The molecule has 2 aromatic carbocycles. The number of amides is 1. The van der Waals surface area contributed by atoms with Crippen LogP contribution in [-0.2, 0) is 20.7 Å². The molecule has 0 aliphatic heterocycles. The van der Waals surface area contributed by atoms with Gasteiger partial charge in [-0.15, -0.1) is 0 Å². The Morgan fingerprint density at radius 2 is 1.65 bits per heavy atom. The average Bonchev–Trinajstić information content (AvgIpc) is 2.61. The van der Waals surface area contributed by atoms with Crippen LogP contribution >= 0.6 is 0 Å². The Morgan fingerprint density at radius 1 is 1.00 bits per heavy atom. The number of carbonyl (C=O) groups excluding carboxylic acids is 2. The number of hydrogen-bond acceptors (Lipinski definition) is 4. The number of aryl methyl sites for hydroxylation is 1. The van der Waals surface area contributed by atoms with E-state index in [1.807, 2.05) is 0 Å². The monoisotopic (exact) mass is 367 g/mol. The van der Waals surface area contributed by atoms with Crippen LogP contribution in [-0.4, -0.2) is 25.1 Å². The Bertz CT molecular complexity index is 733. The molecule has 0 spiro atoms. The van der Waals surface area contributed by atoms with Gasteiger partial charge in [-0.3, -0.25) is 9.59 Å². The molecule has 0 aliphatic carbocycles. The quantitative estimate of drug-likeness (QED) is 0.725. The molecule has 138 valence electrons. The summed E-state index contributed by atoms with van der Waals surface area (Å²) in [4.78, 5) is 23.3. The minimum Gasteiger partial charge on any atom is -0.456 e. The van der Waals surface area contributed by atoms with Crippen LogP contribution in [0.2, 0.25) is 0 Å². The summed E-state index contributed by atoms with van der Waals surface area (Å²) < 4.78 is 45.9. The van der Waals surface area contributed by atoms with Crippen LogP contribution in [0.1, 0.15) is 12.0 Å². The van der Waals surface area contributed by atoms with Gasteiger partial charge in [-0.05, 0) is 48.4 Å². The molecule has 0 aliphatic rings. The van der Waals surface area contributed by atoms with Gasteiger partial charge >= 0.3 is 12.6 Å². The Balaban J connectivity index is 1.70. The Labute approximate surface area is 147 Å². The third-order valence-corrected chi connectivity index (χ3v) is 3.26. The maximum absolute atomic E-state index is 12.8. The van der Waals surface area contributed by atoms with Gasteiger partial charge in [0.1, 0.15) is 11.6 Å². The van der Waals surface area contributed by atoms with Crippen molar-refractivity contribution in [3.8, 4) is 5.75 Å². The molecule has 0 heterocycles. The molecule has 1 N–H and O–H groups in total. The fourth-order valence-electron chi connectivity index (χ4n) is 2.03. The zero-order valence-corrected chi connectivity index (χ0v) is 13.6. The average molecular weight is 367 g/mol. The highest BCUT2D eigenvalue weighted by Gasteiger charge is 2.09. The second-order valence-electron chi connectivity index (χ2n) is 5.24. The van der Waals surface area contributed by atoms with Crippen molar-refractivity contribution in [1.82, 2.24) is 0 Å². The lowest BCUT2D eigenvalue weighted by Crippen LogP contribution is -2.21. The molecule has 0 saturated heterocycles. The number of ether oxygens (including phenoxy) is 2. The van der Waals surface area contributed by atoms with E-state index in [4.69, 9.17) is 4.74 Å². The molecule has 5 nitrogen and oxygen atoms in total. The number of hydrogen-bond donors (Lipinski definition) is 1. The first-order valence-electron chi connectivity index (χ1n) is 7.67. The van der Waals surface area contributed by atoms with Gasteiger partial charge in [0.15, 0.2) is 6.61 Å². The number of alkyl halides is 2. The molecule has 0 unspecified atom stereocenters. The zero-order valence-electron chi connectivity index (χ0n) is 13.6. The lowest BCUT2D eigenvalue weighted by molar-refractivity contribution is -0.147. The highest BCUT2D eigenvalue weighted by Crippen LogP contribution is 2.17. The molecule has 0 fully saturated rings. The molecule has 0 aromatic heterocycles. The molecule has 1 amide bonds. The lowest BCUT2D eigenvalue weighted by Gasteiger charge is -2.08. The summed E-state index contributed by atoms with van der Waals surface area (Å²) in [7, 11) is 0. The smallest absolute Gasteiger partial charge is 0.387 e. The molecule has 26 heavy (non-hydrogen) atoms. The van der Waals surface area contributed by atoms with Crippen LogP contribution in [0.4, 0.5) is 18.9 Å². The van der Waals surface area contributed by atoms with Crippen LogP contribution in [0.15, 0.2) is 48.5 Å². The maximum Gasteiger partial charge on any atom is 0.387 e. The van der Waals surface area contributed by atoms with Crippen LogP contribution in [0.5, 0.6) is 5.75 Å². The normalized spacial score (nSPS) is 10.5. The molecule has 0 atom stereocenters. The number of anilines is 1. The van der Waals surface area contributed by atoms with Crippen molar-refractivity contribution in [2.45, 2.75) is 19.5 Å². The predicted molar refractivity (Wildman–Crippen MR) is 87.4 cm³/mol. The van der Waals surface area contributed by atoms with E-state index in [2.05, 4.69) is 10.1 Å². The summed E-state index contributed by atoms with van der Waals surface area (Å²) in [6.07, 6.45) is 0.422. The topological polar surface area (TPSA) is 64.6 Å². The van der Waals surface area contributed by atoms with Crippen molar-refractivity contribution in [3.05, 3.63) is 59.9 Å². The highest BCUT2D eigenvalue weighted by molar-refractivity contribution is 5.92. The van der Waals surface area contributed by atoms with Gasteiger partial charge < -0.3 is 14.8 Å². The largest absolute Gasteiger partial charge is 0.456 e. The predicted octanol–water partition coefficient (Wildman–Crippen LogP) is 3.54. The maximum atomic E-state index is 12.8. The fraction of sp³-hybridized carbons (Fsp3) is 0.222. The van der Waals surface area contributed by atoms with E-state index in [9.17, 15) is 22.8 Å². The Morgan fingerprint density at radius 3 is 2.27 bits per heavy atom. The van der Waals surface area contributed by atoms with Crippen molar-refractivity contribution in [3.63, 3.8) is 0 Å². The van der Waals surface area contributed by atoms with Crippen molar-refractivity contribution < 1.29 is 32.2 Å². The summed E-state index contributed by atoms with van der Waals surface area (Å²) in [5.74, 6) is -1.53. The van der Waals surface area contributed by atoms with E-state index in [0.717, 1.165) is 5.56 Å². The minimum atomic E-state index is -2.93. The summed E-state index contributed by atoms with van der Waals surface area (Å²) >= 11 is 0. The molecular weight excluding hydrogens is 351 g/mol. The van der Waals surface area contributed by atoms with E-state index in [0.29, 0.717) is 12.1 Å². The Hall–Kier alpha value is -3.03. The second kappa shape index (κ2) is 9.45. The van der Waals surface area contributed by atoms with E-state index in [1.165, 1.54) is 36.4 Å². The molecule has 0 saturated carbocycles. The molecular formula is C18H16F3NO4. The summed E-state index contributed by atoms with van der Waals surface area (Å²) in [6.45, 7) is -3.40. The zero-order chi connectivity index (χ0) is 18.9. The number of carbonyl (C=O) groups is 2. The van der Waals surface area contributed by atoms with Gasteiger partial charge in [0, 0.05) is 12.1 Å². The SMILES string of the molecule is O=C(COC(=O)CCc1ccc(F)cc1)Nc1ccc(OC(F)F)cc1. The van der Waals surface area contributed by atoms with Crippen molar-refractivity contribution in [1.29, 1.82) is 0 Å². The molecule has 8 heteroatoms. The van der Waals surface area contributed by atoms with Gasteiger partial charge in [-0.2, -0.15) is 8.78 Å². The van der Waals surface area contributed by atoms with Crippen LogP contribution in [0.3, 0.4) is 0 Å². The van der Waals surface area contributed by atoms with Gasteiger partial charge in [0.2, 0.25) is 0 Å². The molecule has 0 bridgehead atoms. The number of esters is 1. The van der Waals surface area contributed by atoms with Gasteiger partial charge in [-0.1, -0.05) is 12.1 Å². The first-order valence-corrected chi connectivity index (χ1v) is 7.67. The van der Waals surface area contributed by atoms with E-state index >= 15 is 0 Å². The number of rotatable bonds is 8. The first kappa shape index (κ1) is 19.3. The van der Waals surface area contributed by atoms with Crippen molar-refractivity contribution in [2.75, 3.05) is 11.9 Å². The molecule has 0 radical (unpaired) electrons. The van der Waals surface area contributed by atoms with Gasteiger partial charge in [0.25, 0.3) is 5.91 Å². The number of halogens is 3. The van der Waals surface area contributed by atoms with E-state index < -0.39 is 25.1 Å². The lowest BCUT2D eigenvalue weighted by atomic mass is 10.1. The van der Waals surface area contributed by atoms with Crippen LogP contribution in [0.25, 0.3) is 0 Å². The van der Waals surface area contributed by atoms with Gasteiger partial charge in [-0.25, -0.2) is 4.39 Å². The van der Waals surface area contributed by atoms with Crippen molar-refractivity contribution in [2.24, 2.45) is 0 Å². The third-order valence-electron chi connectivity index (χ3n) is 3.26. The highest BCUT2D eigenvalue weighted by atomic mass is 19.3. The van der Waals surface area contributed by atoms with E-state index in [-0.39, 0.29) is 18.0 Å².